The molecule has 1 aliphatic heterocycles. The highest BCUT2D eigenvalue weighted by Gasteiger charge is 2.19. The lowest BCUT2D eigenvalue weighted by atomic mass is 10.0. The normalized spacial score (nSPS) is 19.4. The Bertz CT molecular complexity index is 349. The van der Waals surface area contributed by atoms with Gasteiger partial charge in [-0.25, -0.2) is 0 Å². The van der Waals surface area contributed by atoms with E-state index in [1.807, 2.05) is 13.8 Å². The fourth-order valence-corrected chi connectivity index (χ4v) is 2.17. The second-order valence-corrected chi connectivity index (χ2v) is 4.87. The van der Waals surface area contributed by atoms with E-state index in [2.05, 4.69) is 49.9 Å². The summed E-state index contributed by atoms with van der Waals surface area (Å²) in [6, 6.07) is 9.36. The van der Waals surface area contributed by atoms with Crippen molar-refractivity contribution in [2.24, 2.45) is 0 Å². The predicted octanol–water partition coefficient (Wildman–Crippen LogP) is 4.06. The zero-order valence-corrected chi connectivity index (χ0v) is 12.4. The van der Waals surface area contributed by atoms with Crippen LogP contribution in [-0.4, -0.2) is 25.8 Å². The standard InChI is InChI=1S/C14H21NO.C2H6/c1-11(2)13-5-4-6-14(9-13)15-7-8-16-10-12(15)3;1-2/h4-6,9,11-12H,7-8,10H2,1-3H3;1-2H3. The number of hydrogen-bond acceptors (Lipinski definition) is 2. The van der Waals surface area contributed by atoms with Crippen LogP contribution in [0.3, 0.4) is 0 Å². The topological polar surface area (TPSA) is 12.5 Å². The van der Waals surface area contributed by atoms with Crippen LogP contribution in [0.4, 0.5) is 5.69 Å². The summed E-state index contributed by atoms with van der Waals surface area (Å²) in [5.41, 5.74) is 2.75. The minimum atomic E-state index is 0.483. The Balaban J connectivity index is 0.000000771. The first-order chi connectivity index (χ1) is 8.68. The first-order valence-electron chi connectivity index (χ1n) is 7.13. The van der Waals surface area contributed by atoms with Crippen LogP contribution in [0.5, 0.6) is 0 Å². The maximum absolute atomic E-state index is 5.47. The third kappa shape index (κ3) is 3.74. The van der Waals surface area contributed by atoms with Gasteiger partial charge in [-0.1, -0.05) is 39.8 Å². The van der Waals surface area contributed by atoms with Gasteiger partial charge >= 0.3 is 0 Å². The van der Waals surface area contributed by atoms with E-state index in [0.717, 1.165) is 19.8 Å². The van der Waals surface area contributed by atoms with Gasteiger partial charge in [-0.3, -0.25) is 0 Å². The zero-order valence-electron chi connectivity index (χ0n) is 12.4. The van der Waals surface area contributed by atoms with Crippen molar-refractivity contribution < 1.29 is 4.74 Å². The van der Waals surface area contributed by atoms with Crippen molar-refractivity contribution in [3.8, 4) is 0 Å². The number of hydrogen-bond donors (Lipinski definition) is 0. The molecule has 1 aromatic rings. The highest BCUT2D eigenvalue weighted by Crippen LogP contribution is 2.24. The van der Waals surface area contributed by atoms with Crippen LogP contribution in [0.15, 0.2) is 24.3 Å². The van der Waals surface area contributed by atoms with Crippen molar-refractivity contribution in [3.63, 3.8) is 0 Å². The Kier molecular flexibility index (Phi) is 6.20. The molecule has 18 heavy (non-hydrogen) atoms. The molecule has 1 atom stereocenters. The highest BCUT2D eigenvalue weighted by atomic mass is 16.5. The SMILES string of the molecule is CC.CC(C)c1cccc(N2CCOCC2C)c1. The Morgan fingerprint density at radius 2 is 2.00 bits per heavy atom. The smallest absolute Gasteiger partial charge is 0.0668 e. The van der Waals surface area contributed by atoms with E-state index in [4.69, 9.17) is 4.74 Å². The molecule has 1 saturated heterocycles. The van der Waals surface area contributed by atoms with Gasteiger partial charge in [0.25, 0.3) is 0 Å². The molecular weight excluding hydrogens is 222 g/mol. The second kappa shape index (κ2) is 7.42. The van der Waals surface area contributed by atoms with Gasteiger partial charge in [0.15, 0.2) is 0 Å². The summed E-state index contributed by atoms with van der Waals surface area (Å²) in [5, 5.41) is 0. The number of rotatable bonds is 2. The van der Waals surface area contributed by atoms with E-state index in [9.17, 15) is 0 Å². The van der Waals surface area contributed by atoms with Crippen LogP contribution >= 0.6 is 0 Å². The quantitative estimate of drug-likeness (QED) is 0.783. The largest absolute Gasteiger partial charge is 0.377 e. The molecule has 1 aliphatic rings. The molecule has 0 radical (unpaired) electrons. The molecule has 2 nitrogen and oxygen atoms in total. The van der Waals surface area contributed by atoms with Crippen molar-refractivity contribution in [3.05, 3.63) is 29.8 Å². The van der Waals surface area contributed by atoms with Crippen molar-refractivity contribution in [1.29, 1.82) is 0 Å². The van der Waals surface area contributed by atoms with Crippen LogP contribution in [0.2, 0.25) is 0 Å². The third-order valence-corrected chi connectivity index (χ3v) is 3.24. The van der Waals surface area contributed by atoms with Crippen molar-refractivity contribution >= 4 is 5.69 Å². The lowest BCUT2D eigenvalue weighted by molar-refractivity contribution is 0.0989. The van der Waals surface area contributed by atoms with E-state index in [0.29, 0.717) is 12.0 Å². The summed E-state index contributed by atoms with van der Waals surface area (Å²) in [6.45, 7) is 13.4. The molecule has 0 N–H and O–H groups in total. The Labute approximate surface area is 112 Å². The molecule has 0 aliphatic carbocycles. The van der Waals surface area contributed by atoms with E-state index in [1.165, 1.54) is 11.3 Å². The van der Waals surface area contributed by atoms with Crippen LogP contribution in [-0.2, 0) is 4.74 Å². The first-order valence-corrected chi connectivity index (χ1v) is 7.13. The van der Waals surface area contributed by atoms with E-state index < -0.39 is 0 Å². The number of ether oxygens (including phenoxy) is 1. The average Bonchev–Trinajstić information content (AvgIpc) is 2.42. The Morgan fingerprint density at radius 1 is 1.28 bits per heavy atom. The van der Waals surface area contributed by atoms with Gasteiger partial charge < -0.3 is 9.64 Å². The summed E-state index contributed by atoms with van der Waals surface area (Å²) in [5.74, 6) is 0.594. The monoisotopic (exact) mass is 249 g/mol. The molecule has 0 aromatic heterocycles. The van der Waals surface area contributed by atoms with E-state index in [1.54, 1.807) is 0 Å². The van der Waals surface area contributed by atoms with Crippen molar-refractivity contribution in [2.45, 2.75) is 46.6 Å². The molecule has 1 heterocycles. The van der Waals surface area contributed by atoms with Gasteiger partial charge in [-0.05, 0) is 30.5 Å². The summed E-state index contributed by atoms with van der Waals surface area (Å²) >= 11 is 0. The maximum atomic E-state index is 5.47. The minimum Gasteiger partial charge on any atom is -0.377 e. The fraction of sp³-hybridized carbons (Fsp3) is 0.625. The molecule has 2 rings (SSSR count). The molecule has 1 aromatic carbocycles. The van der Waals surface area contributed by atoms with Crippen molar-refractivity contribution in [2.75, 3.05) is 24.7 Å². The lowest BCUT2D eigenvalue weighted by Gasteiger charge is -2.35. The molecule has 2 heteroatoms. The third-order valence-electron chi connectivity index (χ3n) is 3.24. The molecule has 1 unspecified atom stereocenters. The van der Waals surface area contributed by atoms with Gasteiger partial charge in [0, 0.05) is 18.3 Å². The second-order valence-electron chi connectivity index (χ2n) is 4.87. The average molecular weight is 249 g/mol. The predicted molar refractivity (Wildman–Crippen MR) is 79.5 cm³/mol. The molecule has 0 amide bonds. The molecule has 1 fully saturated rings. The Morgan fingerprint density at radius 3 is 2.61 bits per heavy atom. The summed E-state index contributed by atoms with van der Waals surface area (Å²) < 4.78 is 5.47. The molecule has 0 saturated carbocycles. The maximum Gasteiger partial charge on any atom is 0.0668 e. The summed E-state index contributed by atoms with van der Waals surface area (Å²) in [6.07, 6.45) is 0. The van der Waals surface area contributed by atoms with E-state index >= 15 is 0 Å². The number of nitrogens with zero attached hydrogens (tertiary/aromatic N) is 1. The van der Waals surface area contributed by atoms with Crippen LogP contribution in [0.1, 0.15) is 46.1 Å². The molecule has 0 bridgehead atoms. The lowest BCUT2D eigenvalue weighted by Crippen LogP contribution is -2.43. The van der Waals surface area contributed by atoms with E-state index in [-0.39, 0.29) is 0 Å². The summed E-state index contributed by atoms with van der Waals surface area (Å²) in [7, 11) is 0. The number of benzene rings is 1. The van der Waals surface area contributed by atoms with Gasteiger partial charge in [0.2, 0.25) is 0 Å². The van der Waals surface area contributed by atoms with Crippen LogP contribution in [0, 0.1) is 0 Å². The minimum absolute atomic E-state index is 0.483. The highest BCUT2D eigenvalue weighted by molar-refractivity contribution is 5.50. The molecule has 0 spiro atoms. The molecule has 102 valence electrons. The van der Waals surface area contributed by atoms with Gasteiger partial charge in [-0.2, -0.15) is 0 Å². The number of morpholine rings is 1. The number of anilines is 1. The van der Waals surface area contributed by atoms with Gasteiger partial charge in [0.1, 0.15) is 0 Å². The van der Waals surface area contributed by atoms with Gasteiger partial charge in [-0.15, -0.1) is 0 Å². The van der Waals surface area contributed by atoms with Crippen LogP contribution in [0.25, 0.3) is 0 Å². The first kappa shape index (κ1) is 15.0. The Hall–Kier alpha value is -1.02. The summed E-state index contributed by atoms with van der Waals surface area (Å²) in [4.78, 5) is 2.44. The van der Waals surface area contributed by atoms with Gasteiger partial charge in [0.05, 0.1) is 13.2 Å². The van der Waals surface area contributed by atoms with Crippen molar-refractivity contribution in [1.82, 2.24) is 0 Å². The fourth-order valence-electron chi connectivity index (χ4n) is 2.17. The molecular formula is C16H27NO. The zero-order chi connectivity index (χ0) is 13.5. The van der Waals surface area contributed by atoms with Crippen LogP contribution < -0.4 is 4.90 Å².